The number of nitrogens with zero attached hydrogens (tertiary/aromatic N) is 2. The molecule has 0 amide bonds. The molecule has 1 saturated heterocycles. The highest BCUT2D eigenvalue weighted by atomic mass is 32.2. The summed E-state index contributed by atoms with van der Waals surface area (Å²) in [5, 5.41) is 3.36. The fraction of sp³-hybridized carbons (Fsp3) is 0.389. The van der Waals surface area contributed by atoms with Crippen molar-refractivity contribution in [1.82, 2.24) is 4.98 Å². The molecule has 0 bridgehead atoms. The molecule has 0 radical (unpaired) electrons. The van der Waals surface area contributed by atoms with Gasteiger partial charge in [-0.2, -0.15) is 0 Å². The van der Waals surface area contributed by atoms with Gasteiger partial charge in [-0.15, -0.1) is 0 Å². The van der Waals surface area contributed by atoms with Gasteiger partial charge in [0.05, 0.1) is 16.3 Å². The number of sulfone groups is 1. The van der Waals surface area contributed by atoms with Gasteiger partial charge in [-0.1, -0.05) is 25.1 Å². The molecule has 0 spiro atoms. The summed E-state index contributed by atoms with van der Waals surface area (Å²) in [6.07, 6.45) is 2.81. The molecule has 1 fully saturated rings. The minimum Gasteiger partial charge on any atom is -0.370 e. The molecule has 1 atom stereocenters. The van der Waals surface area contributed by atoms with Gasteiger partial charge in [0.25, 0.3) is 0 Å². The van der Waals surface area contributed by atoms with E-state index in [0.717, 1.165) is 37.6 Å². The summed E-state index contributed by atoms with van der Waals surface area (Å²) < 4.78 is 24.6. The standard InChI is InChI=1S/C18H23N3O2S/c1-2-24(22,23)17-8-4-3-7-16(17)21-12-10-15(14-21)13-20-18-9-5-6-11-19-18/h3-9,11,15H,2,10,12-14H2,1H3,(H,19,20)/t15-/m0/s1. The summed E-state index contributed by atoms with van der Waals surface area (Å²) in [5.74, 6) is 1.48. The molecule has 5 nitrogen and oxygen atoms in total. The van der Waals surface area contributed by atoms with E-state index in [-0.39, 0.29) is 5.75 Å². The van der Waals surface area contributed by atoms with E-state index in [9.17, 15) is 8.42 Å². The normalized spacial score (nSPS) is 17.9. The molecule has 1 aromatic heterocycles. The number of benzene rings is 1. The Morgan fingerprint density at radius 3 is 2.75 bits per heavy atom. The number of para-hydroxylation sites is 1. The fourth-order valence-electron chi connectivity index (χ4n) is 3.07. The first kappa shape index (κ1) is 16.8. The lowest BCUT2D eigenvalue weighted by Gasteiger charge is -2.22. The second kappa shape index (κ2) is 7.21. The molecule has 1 aliphatic heterocycles. The largest absolute Gasteiger partial charge is 0.370 e. The smallest absolute Gasteiger partial charge is 0.180 e. The number of aromatic nitrogens is 1. The third kappa shape index (κ3) is 3.70. The van der Waals surface area contributed by atoms with Crippen molar-refractivity contribution in [3.8, 4) is 0 Å². The van der Waals surface area contributed by atoms with E-state index in [4.69, 9.17) is 0 Å². The topological polar surface area (TPSA) is 62.3 Å². The number of hydrogen-bond donors (Lipinski definition) is 1. The van der Waals surface area contributed by atoms with Crippen LogP contribution in [0.3, 0.4) is 0 Å². The maximum absolute atomic E-state index is 12.3. The monoisotopic (exact) mass is 345 g/mol. The molecular formula is C18H23N3O2S. The number of nitrogens with one attached hydrogen (secondary N) is 1. The van der Waals surface area contributed by atoms with Gasteiger partial charge in [-0.3, -0.25) is 0 Å². The molecule has 0 saturated carbocycles. The molecule has 1 aromatic carbocycles. The van der Waals surface area contributed by atoms with Crippen LogP contribution in [-0.4, -0.2) is 38.8 Å². The summed E-state index contributed by atoms with van der Waals surface area (Å²) in [6, 6.07) is 13.1. The Labute approximate surface area is 143 Å². The first-order valence-corrected chi connectivity index (χ1v) is 9.97. The number of rotatable bonds is 6. The van der Waals surface area contributed by atoms with Crippen LogP contribution < -0.4 is 10.2 Å². The Kier molecular flexibility index (Phi) is 5.04. The maximum Gasteiger partial charge on any atom is 0.180 e. The SMILES string of the molecule is CCS(=O)(=O)c1ccccc1N1CC[C@@H](CNc2ccccn2)C1. The average Bonchev–Trinajstić information content (AvgIpc) is 3.10. The molecule has 2 heterocycles. The first-order valence-electron chi connectivity index (χ1n) is 8.32. The molecule has 1 N–H and O–H groups in total. The molecular weight excluding hydrogens is 322 g/mol. The molecule has 3 rings (SSSR count). The zero-order valence-electron chi connectivity index (χ0n) is 13.9. The van der Waals surface area contributed by atoms with E-state index in [0.29, 0.717) is 10.8 Å². The Hall–Kier alpha value is -2.08. The van der Waals surface area contributed by atoms with E-state index >= 15 is 0 Å². The summed E-state index contributed by atoms with van der Waals surface area (Å²) in [7, 11) is -3.21. The lowest BCUT2D eigenvalue weighted by Crippen LogP contribution is -2.24. The van der Waals surface area contributed by atoms with Gasteiger partial charge in [0.2, 0.25) is 0 Å². The number of anilines is 2. The van der Waals surface area contributed by atoms with Gasteiger partial charge in [0.15, 0.2) is 9.84 Å². The van der Waals surface area contributed by atoms with E-state index in [1.807, 2.05) is 30.3 Å². The van der Waals surface area contributed by atoms with Gasteiger partial charge in [0, 0.05) is 25.8 Å². The van der Waals surface area contributed by atoms with Gasteiger partial charge in [0.1, 0.15) is 5.82 Å². The number of hydrogen-bond acceptors (Lipinski definition) is 5. The van der Waals surface area contributed by atoms with Crippen LogP contribution in [0, 0.1) is 5.92 Å². The van der Waals surface area contributed by atoms with E-state index < -0.39 is 9.84 Å². The van der Waals surface area contributed by atoms with Crippen molar-refractivity contribution in [2.24, 2.45) is 5.92 Å². The van der Waals surface area contributed by atoms with E-state index in [2.05, 4.69) is 15.2 Å². The van der Waals surface area contributed by atoms with Gasteiger partial charge < -0.3 is 10.2 Å². The first-order chi connectivity index (χ1) is 11.6. The van der Waals surface area contributed by atoms with Crippen molar-refractivity contribution in [1.29, 1.82) is 0 Å². The molecule has 1 aliphatic rings. The quantitative estimate of drug-likeness (QED) is 0.872. The highest BCUT2D eigenvalue weighted by Gasteiger charge is 2.27. The minimum atomic E-state index is -3.21. The maximum atomic E-state index is 12.3. The molecule has 0 aliphatic carbocycles. The van der Waals surface area contributed by atoms with Crippen LogP contribution in [0.2, 0.25) is 0 Å². The summed E-state index contributed by atoms with van der Waals surface area (Å²) in [6.45, 7) is 4.27. The average molecular weight is 345 g/mol. The zero-order valence-corrected chi connectivity index (χ0v) is 14.7. The third-order valence-corrected chi connectivity index (χ3v) is 6.22. The van der Waals surface area contributed by atoms with Gasteiger partial charge >= 0.3 is 0 Å². The lowest BCUT2D eigenvalue weighted by molar-refractivity contribution is 0.596. The summed E-state index contributed by atoms with van der Waals surface area (Å²) >= 11 is 0. The Bertz CT molecular complexity index is 778. The highest BCUT2D eigenvalue weighted by molar-refractivity contribution is 7.91. The number of pyridine rings is 1. The van der Waals surface area contributed by atoms with Crippen molar-refractivity contribution >= 4 is 21.3 Å². The predicted octanol–water partition coefficient (Wildman–Crippen LogP) is 2.81. The summed E-state index contributed by atoms with van der Waals surface area (Å²) in [4.78, 5) is 6.91. The summed E-state index contributed by atoms with van der Waals surface area (Å²) in [5.41, 5.74) is 0.833. The van der Waals surface area contributed by atoms with Crippen LogP contribution in [0.25, 0.3) is 0 Å². The second-order valence-corrected chi connectivity index (χ2v) is 8.31. The Morgan fingerprint density at radius 1 is 1.21 bits per heavy atom. The van der Waals surface area contributed by atoms with Gasteiger partial charge in [-0.25, -0.2) is 13.4 Å². The van der Waals surface area contributed by atoms with Crippen molar-refractivity contribution in [2.45, 2.75) is 18.2 Å². The lowest BCUT2D eigenvalue weighted by atomic mass is 10.1. The van der Waals surface area contributed by atoms with Crippen LogP contribution in [0.5, 0.6) is 0 Å². The van der Waals surface area contributed by atoms with Crippen LogP contribution in [0.1, 0.15) is 13.3 Å². The fourth-order valence-corrected chi connectivity index (χ4v) is 4.18. The molecule has 2 aromatic rings. The minimum absolute atomic E-state index is 0.127. The van der Waals surface area contributed by atoms with Crippen LogP contribution >= 0.6 is 0 Å². The van der Waals surface area contributed by atoms with E-state index in [1.165, 1.54) is 0 Å². The van der Waals surface area contributed by atoms with Crippen LogP contribution in [-0.2, 0) is 9.84 Å². The van der Waals surface area contributed by atoms with E-state index in [1.54, 1.807) is 25.3 Å². The third-order valence-electron chi connectivity index (χ3n) is 4.44. The Morgan fingerprint density at radius 2 is 2.00 bits per heavy atom. The van der Waals surface area contributed by atoms with Crippen molar-refractivity contribution < 1.29 is 8.42 Å². The molecule has 24 heavy (non-hydrogen) atoms. The van der Waals surface area contributed by atoms with Crippen molar-refractivity contribution in [3.63, 3.8) is 0 Å². The molecule has 0 unspecified atom stereocenters. The molecule has 6 heteroatoms. The Balaban J connectivity index is 1.68. The second-order valence-electron chi connectivity index (χ2n) is 6.07. The highest BCUT2D eigenvalue weighted by Crippen LogP contribution is 2.30. The van der Waals surface area contributed by atoms with Gasteiger partial charge in [-0.05, 0) is 36.6 Å². The van der Waals surface area contributed by atoms with Crippen molar-refractivity contribution in [2.75, 3.05) is 35.6 Å². The zero-order chi connectivity index (χ0) is 17.0. The van der Waals surface area contributed by atoms with Crippen LogP contribution in [0.15, 0.2) is 53.6 Å². The van der Waals surface area contributed by atoms with Crippen LogP contribution in [0.4, 0.5) is 11.5 Å². The predicted molar refractivity (Wildman–Crippen MR) is 97.2 cm³/mol. The van der Waals surface area contributed by atoms with Crippen molar-refractivity contribution in [3.05, 3.63) is 48.7 Å². The molecule has 128 valence electrons.